The first kappa shape index (κ1) is 16.0. The second kappa shape index (κ2) is 6.40. The van der Waals surface area contributed by atoms with Gasteiger partial charge in [-0.3, -0.25) is 10.1 Å². The maximum absolute atomic E-state index is 11.9. The number of methoxy groups -OCH3 is 1. The van der Waals surface area contributed by atoms with Gasteiger partial charge in [-0.25, -0.2) is 0 Å². The number of nitrogens with zero attached hydrogens (tertiary/aromatic N) is 1. The number of hydrogen-bond acceptors (Lipinski definition) is 5. The van der Waals surface area contributed by atoms with E-state index in [1.54, 1.807) is 61.7 Å². The summed E-state index contributed by atoms with van der Waals surface area (Å²) >= 11 is 0. The highest BCUT2D eigenvalue weighted by Crippen LogP contribution is 2.42. The molecule has 26 heavy (non-hydrogen) atoms. The lowest BCUT2D eigenvalue weighted by Gasteiger charge is -2.09. The Bertz CT molecular complexity index is 982. The average molecular weight is 348 g/mol. The van der Waals surface area contributed by atoms with Gasteiger partial charge in [0.05, 0.1) is 23.2 Å². The van der Waals surface area contributed by atoms with Crippen molar-refractivity contribution in [2.75, 3.05) is 13.9 Å². The number of ether oxygens (including phenoxy) is 3. The Morgan fingerprint density at radius 1 is 1.04 bits per heavy atom. The third-order valence-corrected chi connectivity index (χ3v) is 4.21. The van der Waals surface area contributed by atoms with Crippen LogP contribution in [0.2, 0.25) is 0 Å². The van der Waals surface area contributed by atoms with E-state index in [-0.39, 0.29) is 17.4 Å². The smallest absolute Gasteiger partial charge is 0.285 e. The summed E-state index contributed by atoms with van der Waals surface area (Å²) in [6, 6.07) is 18.7. The minimum absolute atomic E-state index is 0.00321. The van der Waals surface area contributed by atoms with E-state index >= 15 is 0 Å². The maximum atomic E-state index is 11.9. The van der Waals surface area contributed by atoms with Gasteiger partial charge in [0.2, 0.25) is 6.79 Å². The van der Waals surface area contributed by atoms with E-state index in [9.17, 15) is 10.1 Å². The summed E-state index contributed by atoms with van der Waals surface area (Å²) in [5.74, 6) is 1.90. The van der Waals surface area contributed by atoms with Crippen LogP contribution in [0.1, 0.15) is 0 Å². The van der Waals surface area contributed by atoms with Gasteiger partial charge < -0.3 is 14.2 Å². The molecule has 1 aliphatic rings. The molecule has 0 saturated carbocycles. The minimum atomic E-state index is -0.379. The average Bonchev–Trinajstić information content (AvgIpc) is 3.15. The molecule has 0 amide bonds. The van der Waals surface area contributed by atoms with E-state index in [2.05, 4.69) is 6.07 Å². The van der Waals surface area contributed by atoms with Gasteiger partial charge in [-0.1, -0.05) is 24.3 Å². The largest absolute Gasteiger partial charge is 0.497 e. The van der Waals surface area contributed by atoms with Gasteiger partial charge in [0.15, 0.2) is 11.5 Å². The SMILES string of the molecule is COc1ccc(-c2[c]ccc(-c3ccc4c(c3)OCO4)c2[N+](=O)[O-])cc1. The molecule has 3 aromatic carbocycles. The zero-order valence-electron chi connectivity index (χ0n) is 13.9. The quantitative estimate of drug-likeness (QED) is 0.514. The van der Waals surface area contributed by atoms with E-state index in [1.807, 2.05) is 0 Å². The molecule has 1 radical (unpaired) electrons. The predicted molar refractivity (Wildman–Crippen MR) is 95.5 cm³/mol. The van der Waals surface area contributed by atoms with Crippen LogP contribution in [0, 0.1) is 16.2 Å². The normalized spacial score (nSPS) is 12.0. The minimum Gasteiger partial charge on any atom is -0.497 e. The molecule has 0 bridgehead atoms. The molecule has 1 heterocycles. The number of fused-ring (bicyclic) bond motifs is 1. The Balaban J connectivity index is 1.86. The van der Waals surface area contributed by atoms with Crippen molar-refractivity contribution in [3.8, 4) is 39.5 Å². The fraction of sp³-hybridized carbons (Fsp3) is 0.100. The Morgan fingerprint density at radius 3 is 2.50 bits per heavy atom. The third kappa shape index (κ3) is 2.71. The lowest BCUT2D eigenvalue weighted by Crippen LogP contribution is -1.96. The molecule has 0 atom stereocenters. The summed E-state index contributed by atoms with van der Waals surface area (Å²) in [6.45, 7) is 0.153. The van der Waals surface area contributed by atoms with Gasteiger partial charge in [0, 0.05) is 0 Å². The molecule has 0 unspecified atom stereocenters. The van der Waals surface area contributed by atoms with Crippen LogP contribution in [-0.2, 0) is 0 Å². The molecule has 6 heteroatoms. The predicted octanol–water partition coefficient (Wildman–Crippen LogP) is 4.47. The maximum Gasteiger partial charge on any atom is 0.285 e. The lowest BCUT2D eigenvalue weighted by atomic mass is 9.96. The van der Waals surface area contributed by atoms with E-state index < -0.39 is 0 Å². The molecule has 4 rings (SSSR count). The number of nitro benzene ring substituents is 1. The number of nitro groups is 1. The van der Waals surface area contributed by atoms with Crippen LogP contribution < -0.4 is 14.2 Å². The fourth-order valence-corrected chi connectivity index (χ4v) is 2.95. The highest BCUT2D eigenvalue weighted by atomic mass is 16.7. The molecule has 0 aromatic heterocycles. The molecule has 6 nitrogen and oxygen atoms in total. The summed E-state index contributed by atoms with van der Waals surface area (Å²) in [5.41, 5.74) is 2.30. The van der Waals surface area contributed by atoms with Gasteiger partial charge in [-0.2, -0.15) is 0 Å². The van der Waals surface area contributed by atoms with Gasteiger partial charge in [0.1, 0.15) is 5.75 Å². The van der Waals surface area contributed by atoms with Crippen LogP contribution in [0.4, 0.5) is 5.69 Å². The van der Waals surface area contributed by atoms with Crippen molar-refractivity contribution in [3.63, 3.8) is 0 Å². The van der Waals surface area contributed by atoms with Gasteiger partial charge in [-0.15, -0.1) is 0 Å². The summed E-state index contributed by atoms with van der Waals surface area (Å²) in [7, 11) is 1.57. The molecule has 0 spiro atoms. The highest BCUT2D eigenvalue weighted by molar-refractivity contribution is 5.86. The number of benzene rings is 3. The molecule has 129 valence electrons. The molecular weight excluding hydrogens is 334 g/mol. The van der Waals surface area contributed by atoms with Gasteiger partial charge in [-0.05, 0) is 47.5 Å². The number of hydrogen-bond donors (Lipinski definition) is 0. The second-order valence-corrected chi connectivity index (χ2v) is 5.67. The first-order valence-electron chi connectivity index (χ1n) is 7.91. The Kier molecular flexibility index (Phi) is 3.93. The molecule has 0 fully saturated rings. The first-order valence-corrected chi connectivity index (χ1v) is 7.91. The van der Waals surface area contributed by atoms with Crippen molar-refractivity contribution in [3.05, 3.63) is 70.8 Å². The summed E-state index contributed by atoms with van der Waals surface area (Å²) in [5, 5.41) is 11.9. The van der Waals surface area contributed by atoms with Gasteiger partial charge >= 0.3 is 0 Å². The second-order valence-electron chi connectivity index (χ2n) is 5.67. The molecule has 0 saturated heterocycles. The highest BCUT2D eigenvalue weighted by Gasteiger charge is 2.23. The molecular formula is C20H14NO5. The van der Waals surface area contributed by atoms with Crippen molar-refractivity contribution in [2.45, 2.75) is 0 Å². The monoisotopic (exact) mass is 348 g/mol. The van der Waals surface area contributed by atoms with E-state index in [1.165, 1.54) is 0 Å². The van der Waals surface area contributed by atoms with Crippen LogP contribution in [0.25, 0.3) is 22.3 Å². The van der Waals surface area contributed by atoms with Crippen molar-refractivity contribution >= 4 is 5.69 Å². The fourth-order valence-electron chi connectivity index (χ4n) is 2.95. The molecule has 3 aromatic rings. The van der Waals surface area contributed by atoms with Crippen LogP contribution >= 0.6 is 0 Å². The molecule has 1 aliphatic heterocycles. The molecule has 0 N–H and O–H groups in total. The topological polar surface area (TPSA) is 70.8 Å². The third-order valence-electron chi connectivity index (χ3n) is 4.21. The van der Waals surface area contributed by atoms with Crippen LogP contribution in [-0.4, -0.2) is 18.8 Å². The van der Waals surface area contributed by atoms with Crippen LogP contribution in [0.15, 0.2) is 54.6 Å². The zero-order valence-corrected chi connectivity index (χ0v) is 13.9. The van der Waals surface area contributed by atoms with Crippen molar-refractivity contribution in [1.82, 2.24) is 0 Å². The Labute approximate surface area is 149 Å². The zero-order chi connectivity index (χ0) is 18.1. The van der Waals surface area contributed by atoms with Gasteiger partial charge in [0.25, 0.3) is 5.69 Å². The van der Waals surface area contributed by atoms with E-state index in [0.717, 1.165) is 0 Å². The standard InChI is InChI=1S/C20H14NO5/c1-24-15-8-5-13(6-9-15)16-3-2-4-17(20(16)21(22)23)14-7-10-18-19(11-14)26-12-25-18/h2,4-11H,12H2,1H3. The van der Waals surface area contributed by atoms with Crippen LogP contribution in [0.5, 0.6) is 17.2 Å². The van der Waals surface area contributed by atoms with Crippen molar-refractivity contribution in [1.29, 1.82) is 0 Å². The van der Waals surface area contributed by atoms with Crippen molar-refractivity contribution < 1.29 is 19.1 Å². The Hall–Kier alpha value is -3.54. The van der Waals surface area contributed by atoms with E-state index in [4.69, 9.17) is 14.2 Å². The molecule has 0 aliphatic carbocycles. The number of rotatable bonds is 4. The van der Waals surface area contributed by atoms with E-state index in [0.29, 0.717) is 39.5 Å². The summed E-state index contributed by atoms with van der Waals surface area (Å²) in [6.07, 6.45) is 0. The van der Waals surface area contributed by atoms with Crippen molar-refractivity contribution in [2.24, 2.45) is 0 Å². The lowest BCUT2D eigenvalue weighted by molar-refractivity contribution is -0.383. The van der Waals surface area contributed by atoms with Crippen LogP contribution in [0.3, 0.4) is 0 Å². The summed E-state index contributed by atoms with van der Waals surface area (Å²) in [4.78, 5) is 11.5. The Morgan fingerprint density at radius 2 is 1.77 bits per heavy atom. The summed E-state index contributed by atoms with van der Waals surface area (Å²) < 4.78 is 15.8. The first-order chi connectivity index (χ1) is 12.7.